The van der Waals surface area contributed by atoms with E-state index in [2.05, 4.69) is 130 Å². The Hall–Kier alpha value is -3.93. The smallest absolute Gasteiger partial charge is 0.306 e. The van der Waals surface area contributed by atoms with Gasteiger partial charge in [-0.05, 0) is 103 Å². The van der Waals surface area contributed by atoms with Crippen LogP contribution in [0.2, 0.25) is 0 Å². The van der Waals surface area contributed by atoms with Crippen LogP contribution in [0, 0.1) is 0 Å². The SMILES string of the molecule is CC/C=C\C/C=C\C/C=C\C/C=C\C/C=C\CCCCCC(=O)OC[C@H](COC(=O)CCCCCCCCCCCCCCCCCCC)OC(=O)CCC/C=C\C/C=C\C/C=C\C/C=C\CCCCC. The first kappa shape index (κ1) is 67.1. The largest absolute Gasteiger partial charge is 0.462 e. The van der Waals surface area contributed by atoms with E-state index in [1.54, 1.807) is 0 Å². The molecule has 0 N–H and O–H groups in total. The number of unbranched alkanes of at least 4 members (excludes halogenated alkanes) is 23. The second-order valence-corrected chi connectivity index (χ2v) is 19.2. The van der Waals surface area contributed by atoms with Crippen LogP contribution in [0.5, 0.6) is 0 Å². The van der Waals surface area contributed by atoms with Crippen LogP contribution in [-0.4, -0.2) is 37.2 Å². The lowest BCUT2D eigenvalue weighted by atomic mass is 10.0. The zero-order valence-corrected chi connectivity index (χ0v) is 46.2. The monoisotopic (exact) mass is 985 g/mol. The van der Waals surface area contributed by atoms with Gasteiger partial charge in [-0.2, -0.15) is 0 Å². The van der Waals surface area contributed by atoms with Crippen molar-refractivity contribution >= 4 is 17.9 Å². The van der Waals surface area contributed by atoms with Crippen molar-refractivity contribution in [3.05, 3.63) is 109 Å². The van der Waals surface area contributed by atoms with Gasteiger partial charge in [0.25, 0.3) is 0 Å². The van der Waals surface area contributed by atoms with Gasteiger partial charge in [0.2, 0.25) is 0 Å². The highest BCUT2D eigenvalue weighted by Crippen LogP contribution is 2.15. The third kappa shape index (κ3) is 56.9. The second kappa shape index (κ2) is 58.6. The summed E-state index contributed by atoms with van der Waals surface area (Å²) in [6.07, 6.45) is 79.4. The summed E-state index contributed by atoms with van der Waals surface area (Å²) < 4.78 is 16.8. The van der Waals surface area contributed by atoms with Crippen LogP contribution in [0.3, 0.4) is 0 Å². The van der Waals surface area contributed by atoms with Gasteiger partial charge in [0.15, 0.2) is 6.10 Å². The molecule has 0 unspecified atom stereocenters. The minimum absolute atomic E-state index is 0.110. The van der Waals surface area contributed by atoms with Crippen molar-refractivity contribution in [1.82, 2.24) is 0 Å². The Kier molecular flexibility index (Phi) is 55.4. The van der Waals surface area contributed by atoms with E-state index in [-0.39, 0.29) is 37.5 Å². The second-order valence-electron chi connectivity index (χ2n) is 19.2. The summed E-state index contributed by atoms with van der Waals surface area (Å²) in [5, 5.41) is 0. The van der Waals surface area contributed by atoms with Crippen LogP contribution < -0.4 is 0 Å². The van der Waals surface area contributed by atoms with Gasteiger partial charge in [-0.3, -0.25) is 14.4 Å². The summed E-state index contributed by atoms with van der Waals surface area (Å²) in [5.41, 5.74) is 0. The minimum atomic E-state index is -0.821. The van der Waals surface area contributed by atoms with Gasteiger partial charge in [0, 0.05) is 19.3 Å². The number of esters is 3. The highest BCUT2D eigenvalue weighted by molar-refractivity contribution is 5.71. The maximum atomic E-state index is 12.8. The van der Waals surface area contributed by atoms with Crippen molar-refractivity contribution in [2.24, 2.45) is 0 Å². The van der Waals surface area contributed by atoms with E-state index in [1.807, 2.05) is 0 Å². The van der Waals surface area contributed by atoms with E-state index in [4.69, 9.17) is 14.2 Å². The van der Waals surface area contributed by atoms with Crippen molar-refractivity contribution in [2.75, 3.05) is 13.2 Å². The highest BCUT2D eigenvalue weighted by Gasteiger charge is 2.19. The Labute approximate surface area is 438 Å². The van der Waals surface area contributed by atoms with Crippen LogP contribution in [0.25, 0.3) is 0 Å². The third-order valence-corrected chi connectivity index (χ3v) is 12.3. The highest BCUT2D eigenvalue weighted by atomic mass is 16.6. The molecule has 404 valence electrons. The maximum Gasteiger partial charge on any atom is 0.306 e. The van der Waals surface area contributed by atoms with Crippen molar-refractivity contribution < 1.29 is 28.6 Å². The molecule has 0 saturated carbocycles. The molecular formula is C65H108O6. The number of hydrogen-bond donors (Lipinski definition) is 0. The average Bonchev–Trinajstić information content (AvgIpc) is 3.37. The lowest BCUT2D eigenvalue weighted by molar-refractivity contribution is -0.167. The van der Waals surface area contributed by atoms with Crippen LogP contribution in [0.4, 0.5) is 0 Å². The van der Waals surface area contributed by atoms with Gasteiger partial charge >= 0.3 is 17.9 Å². The van der Waals surface area contributed by atoms with E-state index in [1.165, 1.54) is 116 Å². The lowest BCUT2D eigenvalue weighted by Gasteiger charge is -2.18. The number of carbonyl (C=O) groups excluding carboxylic acids is 3. The van der Waals surface area contributed by atoms with Crippen molar-refractivity contribution in [1.29, 1.82) is 0 Å². The van der Waals surface area contributed by atoms with Crippen LogP contribution in [0.1, 0.15) is 265 Å². The quantitative estimate of drug-likeness (QED) is 0.0261. The molecule has 0 aromatic rings. The molecule has 0 amide bonds. The fraction of sp³-hybridized carbons (Fsp3) is 0.677. The topological polar surface area (TPSA) is 78.9 Å². The van der Waals surface area contributed by atoms with E-state index in [0.29, 0.717) is 19.3 Å². The van der Waals surface area contributed by atoms with Gasteiger partial charge in [-0.1, -0.05) is 252 Å². The van der Waals surface area contributed by atoms with Crippen LogP contribution in [0.15, 0.2) is 109 Å². The molecule has 71 heavy (non-hydrogen) atoms. The number of carbonyl (C=O) groups is 3. The lowest BCUT2D eigenvalue weighted by Crippen LogP contribution is -2.30. The summed E-state index contributed by atoms with van der Waals surface area (Å²) in [4.78, 5) is 38.2. The predicted molar refractivity (Wildman–Crippen MR) is 307 cm³/mol. The first-order valence-corrected chi connectivity index (χ1v) is 29.4. The van der Waals surface area contributed by atoms with Gasteiger partial charge < -0.3 is 14.2 Å². The molecule has 0 aromatic heterocycles. The summed E-state index contributed by atoms with van der Waals surface area (Å²) >= 11 is 0. The van der Waals surface area contributed by atoms with E-state index in [9.17, 15) is 14.4 Å². The molecule has 0 aliphatic rings. The fourth-order valence-corrected chi connectivity index (χ4v) is 7.87. The molecule has 1 atom stereocenters. The fourth-order valence-electron chi connectivity index (χ4n) is 7.87. The third-order valence-electron chi connectivity index (χ3n) is 12.3. The number of allylic oxidation sites excluding steroid dienone is 18. The molecular weight excluding hydrogens is 877 g/mol. The number of rotatable bonds is 52. The Bertz CT molecular complexity index is 1460. The molecule has 0 radical (unpaired) electrons. The van der Waals surface area contributed by atoms with E-state index >= 15 is 0 Å². The van der Waals surface area contributed by atoms with Crippen LogP contribution >= 0.6 is 0 Å². The van der Waals surface area contributed by atoms with Crippen molar-refractivity contribution in [2.45, 2.75) is 271 Å². The molecule has 0 spiro atoms. The molecule has 0 fully saturated rings. The molecule has 0 heterocycles. The normalized spacial score (nSPS) is 12.9. The number of ether oxygens (including phenoxy) is 3. The van der Waals surface area contributed by atoms with E-state index in [0.717, 1.165) is 103 Å². The van der Waals surface area contributed by atoms with Crippen molar-refractivity contribution in [3.8, 4) is 0 Å². The van der Waals surface area contributed by atoms with Gasteiger partial charge in [-0.25, -0.2) is 0 Å². The summed E-state index contributed by atoms with van der Waals surface area (Å²) in [7, 11) is 0. The minimum Gasteiger partial charge on any atom is -0.462 e. The predicted octanol–water partition coefficient (Wildman–Crippen LogP) is 19.9. The summed E-state index contributed by atoms with van der Waals surface area (Å²) in [5.74, 6) is -0.996. The molecule has 6 nitrogen and oxygen atoms in total. The van der Waals surface area contributed by atoms with Gasteiger partial charge in [-0.15, -0.1) is 0 Å². The molecule has 0 saturated heterocycles. The maximum absolute atomic E-state index is 12.8. The van der Waals surface area contributed by atoms with Gasteiger partial charge in [0.1, 0.15) is 13.2 Å². The van der Waals surface area contributed by atoms with Crippen LogP contribution in [-0.2, 0) is 28.6 Å². The Morgan fingerprint density at radius 1 is 0.296 bits per heavy atom. The molecule has 6 heteroatoms. The Balaban J connectivity index is 4.52. The zero-order valence-electron chi connectivity index (χ0n) is 46.2. The Morgan fingerprint density at radius 2 is 0.563 bits per heavy atom. The summed E-state index contributed by atoms with van der Waals surface area (Å²) in [6, 6.07) is 0. The van der Waals surface area contributed by atoms with Gasteiger partial charge in [0.05, 0.1) is 0 Å². The summed E-state index contributed by atoms with van der Waals surface area (Å²) in [6.45, 7) is 6.44. The standard InChI is InChI=1S/C65H108O6/c1-4-7-10-13-16-19-22-25-28-31-32-35-37-40-43-46-49-52-55-58-64(67)70-61-62(71-65(68)59-56-53-50-47-44-41-38-34-30-27-24-21-18-15-12-9-6-3)60-69-63(66)57-54-51-48-45-42-39-36-33-29-26-23-20-17-14-11-8-5-2/h7,10,16,18-19,21,25,27-28,30,32,35,38,40-41,43,47,50,62H,4-6,8-9,11-15,17,20,22-24,26,29,31,33-34,36-37,39,42,44-46,48-49,51-61H2,1-3H3/b10-7-,19-16-,21-18-,28-25-,30-27-,35-32-,41-38-,43-40-,50-47-/t62-/m0/s1. The molecule has 0 aliphatic carbocycles. The van der Waals surface area contributed by atoms with E-state index < -0.39 is 6.10 Å². The Morgan fingerprint density at radius 3 is 0.930 bits per heavy atom. The molecule has 0 rings (SSSR count). The number of hydrogen-bond acceptors (Lipinski definition) is 6. The van der Waals surface area contributed by atoms with Crippen molar-refractivity contribution in [3.63, 3.8) is 0 Å². The zero-order chi connectivity index (χ0) is 51.4. The molecule has 0 aliphatic heterocycles. The molecule has 0 aromatic carbocycles. The first-order valence-electron chi connectivity index (χ1n) is 29.4. The average molecular weight is 986 g/mol. The first-order chi connectivity index (χ1) is 35.0. The molecule has 0 bridgehead atoms.